The van der Waals surface area contributed by atoms with Crippen molar-refractivity contribution in [3.8, 4) is 5.75 Å². The van der Waals surface area contributed by atoms with Crippen LogP contribution in [0.25, 0.3) is 0 Å². The Morgan fingerprint density at radius 2 is 2.14 bits per heavy atom. The topological polar surface area (TPSA) is 73.6 Å². The molecule has 6 heteroatoms. The van der Waals surface area contributed by atoms with Gasteiger partial charge in [-0.25, -0.2) is 0 Å². The smallest absolute Gasteiger partial charge is 0.270 e. The number of hydrogen-bond acceptors (Lipinski definition) is 5. The Bertz CT molecular complexity index is 498. The molecular weight excluding hydrogens is 272 g/mol. The highest BCUT2D eigenvalue weighted by molar-refractivity contribution is 5.43. The van der Waals surface area contributed by atoms with Crippen LogP contribution in [-0.2, 0) is 11.3 Å². The van der Waals surface area contributed by atoms with Crippen LogP contribution < -0.4 is 10.1 Å². The van der Waals surface area contributed by atoms with Crippen molar-refractivity contribution < 1.29 is 14.4 Å². The molecule has 2 rings (SSSR count). The highest BCUT2D eigenvalue weighted by Crippen LogP contribution is 2.29. The zero-order valence-electron chi connectivity index (χ0n) is 12.6. The van der Waals surface area contributed by atoms with Gasteiger partial charge in [0.25, 0.3) is 5.69 Å². The fourth-order valence-electron chi connectivity index (χ4n) is 2.56. The standard InChI is InChI=1S/C15H22N2O4/c1-15(5-7-21-8-6-15)11-16-10-12-9-13(17(18)19)3-4-14(12)20-2/h3-4,9,16H,5-8,10-11H2,1-2H3. The van der Waals surface area contributed by atoms with E-state index in [0.29, 0.717) is 12.3 Å². The van der Waals surface area contributed by atoms with Crippen molar-refractivity contribution in [3.63, 3.8) is 0 Å². The number of hydrogen-bond donors (Lipinski definition) is 1. The van der Waals surface area contributed by atoms with E-state index in [0.717, 1.165) is 38.2 Å². The van der Waals surface area contributed by atoms with E-state index in [1.165, 1.54) is 6.07 Å². The molecule has 1 saturated heterocycles. The third kappa shape index (κ3) is 4.15. The number of rotatable bonds is 6. The van der Waals surface area contributed by atoms with E-state index < -0.39 is 0 Å². The first-order chi connectivity index (χ1) is 10.0. The number of nitro groups is 1. The fourth-order valence-corrected chi connectivity index (χ4v) is 2.56. The Kier molecular flexibility index (Phi) is 5.14. The molecule has 1 fully saturated rings. The molecule has 0 aliphatic carbocycles. The lowest BCUT2D eigenvalue weighted by atomic mass is 9.82. The molecule has 1 heterocycles. The van der Waals surface area contributed by atoms with Crippen molar-refractivity contribution in [2.45, 2.75) is 26.3 Å². The van der Waals surface area contributed by atoms with E-state index in [9.17, 15) is 10.1 Å². The van der Waals surface area contributed by atoms with E-state index in [-0.39, 0.29) is 16.0 Å². The number of nitro benzene ring substituents is 1. The zero-order chi connectivity index (χ0) is 15.3. The van der Waals surface area contributed by atoms with Gasteiger partial charge in [0.05, 0.1) is 12.0 Å². The van der Waals surface area contributed by atoms with E-state index in [1.54, 1.807) is 19.2 Å². The van der Waals surface area contributed by atoms with Gasteiger partial charge in [-0.2, -0.15) is 0 Å². The van der Waals surface area contributed by atoms with Gasteiger partial charge in [0.2, 0.25) is 0 Å². The summed E-state index contributed by atoms with van der Waals surface area (Å²) in [7, 11) is 1.57. The molecule has 21 heavy (non-hydrogen) atoms. The maximum Gasteiger partial charge on any atom is 0.270 e. The van der Waals surface area contributed by atoms with Crippen LogP contribution >= 0.6 is 0 Å². The van der Waals surface area contributed by atoms with Crippen LogP contribution in [0.4, 0.5) is 5.69 Å². The van der Waals surface area contributed by atoms with Gasteiger partial charge >= 0.3 is 0 Å². The third-order valence-corrected chi connectivity index (χ3v) is 4.04. The lowest BCUT2D eigenvalue weighted by molar-refractivity contribution is -0.384. The zero-order valence-corrected chi connectivity index (χ0v) is 12.6. The summed E-state index contributed by atoms with van der Waals surface area (Å²) in [6, 6.07) is 4.67. The van der Waals surface area contributed by atoms with Gasteiger partial charge in [-0.1, -0.05) is 6.92 Å². The van der Waals surface area contributed by atoms with E-state index in [2.05, 4.69) is 12.2 Å². The van der Waals surface area contributed by atoms with Crippen LogP contribution in [-0.4, -0.2) is 31.8 Å². The van der Waals surface area contributed by atoms with Crippen molar-refractivity contribution >= 4 is 5.69 Å². The van der Waals surface area contributed by atoms with E-state index >= 15 is 0 Å². The summed E-state index contributed by atoms with van der Waals surface area (Å²) in [4.78, 5) is 10.5. The predicted molar refractivity (Wildman–Crippen MR) is 79.5 cm³/mol. The predicted octanol–water partition coefficient (Wildman–Crippen LogP) is 2.51. The summed E-state index contributed by atoms with van der Waals surface area (Å²) < 4.78 is 10.7. The van der Waals surface area contributed by atoms with Crippen molar-refractivity contribution in [2.24, 2.45) is 5.41 Å². The summed E-state index contributed by atoms with van der Waals surface area (Å²) in [5.74, 6) is 0.672. The first kappa shape index (κ1) is 15.7. The van der Waals surface area contributed by atoms with Crippen LogP contribution in [0.5, 0.6) is 5.75 Å². The number of methoxy groups -OCH3 is 1. The molecule has 0 aromatic heterocycles. The van der Waals surface area contributed by atoms with Crippen molar-refractivity contribution in [1.82, 2.24) is 5.32 Å². The molecule has 6 nitrogen and oxygen atoms in total. The van der Waals surface area contributed by atoms with Crippen LogP contribution in [0, 0.1) is 15.5 Å². The minimum atomic E-state index is -0.386. The summed E-state index contributed by atoms with van der Waals surface area (Å²) in [6.45, 7) is 5.27. The molecule has 1 N–H and O–H groups in total. The van der Waals surface area contributed by atoms with Gasteiger partial charge in [-0.3, -0.25) is 10.1 Å². The van der Waals surface area contributed by atoms with E-state index in [4.69, 9.17) is 9.47 Å². The molecule has 0 bridgehead atoms. The molecule has 0 radical (unpaired) electrons. The van der Waals surface area contributed by atoms with Crippen LogP contribution in [0.2, 0.25) is 0 Å². The SMILES string of the molecule is COc1ccc([N+](=O)[O-])cc1CNCC1(C)CCOCC1. The maximum absolute atomic E-state index is 10.9. The monoisotopic (exact) mass is 294 g/mol. The summed E-state index contributed by atoms with van der Waals surface area (Å²) in [6.07, 6.45) is 2.07. The second-order valence-electron chi connectivity index (χ2n) is 5.78. The Labute approximate surface area is 124 Å². The fraction of sp³-hybridized carbons (Fsp3) is 0.600. The average Bonchev–Trinajstić information content (AvgIpc) is 2.47. The molecule has 0 saturated carbocycles. The van der Waals surface area contributed by atoms with E-state index in [1.807, 2.05) is 0 Å². The van der Waals surface area contributed by atoms with Crippen LogP contribution in [0.15, 0.2) is 18.2 Å². The lowest BCUT2D eigenvalue weighted by Gasteiger charge is -2.33. The molecule has 0 spiro atoms. The molecule has 1 aliphatic rings. The highest BCUT2D eigenvalue weighted by atomic mass is 16.6. The molecule has 1 aliphatic heterocycles. The second-order valence-corrected chi connectivity index (χ2v) is 5.78. The molecule has 116 valence electrons. The number of ether oxygens (including phenoxy) is 2. The third-order valence-electron chi connectivity index (χ3n) is 4.04. The van der Waals surface area contributed by atoms with Crippen molar-refractivity contribution in [1.29, 1.82) is 0 Å². The largest absolute Gasteiger partial charge is 0.496 e. The quantitative estimate of drug-likeness (QED) is 0.644. The molecule has 1 aromatic rings. The van der Waals surface area contributed by atoms with Crippen molar-refractivity contribution in [3.05, 3.63) is 33.9 Å². The van der Waals surface area contributed by atoms with Crippen LogP contribution in [0.1, 0.15) is 25.3 Å². The Hall–Kier alpha value is -1.66. The normalized spacial score (nSPS) is 17.4. The molecule has 1 aromatic carbocycles. The van der Waals surface area contributed by atoms with Gasteiger partial charge in [-0.15, -0.1) is 0 Å². The maximum atomic E-state index is 10.9. The Morgan fingerprint density at radius 1 is 1.43 bits per heavy atom. The number of nitrogens with zero attached hydrogens (tertiary/aromatic N) is 1. The Morgan fingerprint density at radius 3 is 2.76 bits per heavy atom. The van der Waals surface area contributed by atoms with Crippen LogP contribution in [0.3, 0.4) is 0 Å². The van der Waals surface area contributed by atoms with Gasteiger partial charge < -0.3 is 14.8 Å². The lowest BCUT2D eigenvalue weighted by Crippen LogP contribution is -2.36. The molecule has 0 atom stereocenters. The molecular formula is C15H22N2O4. The minimum Gasteiger partial charge on any atom is -0.496 e. The summed E-state index contributed by atoms with van der Waals surface area (Å²) >= 11 is 0. The highest BCUT2D eigenvalue weighted by Gasteiger charge is 2.26. The van der Waals surface area contributed by atoms with Gasteiger partial charge in [0.1, 0.15) is 5.75 Å². The number of nitrogens with one attached hydrogen (secondary N) is 1. The summed E-state index contributed by atoms with van der Waals surface area (Å²) in [5.41, 5.74) is 1.12. The van der Waals surface area contributed by atoms with Gasteiger partial charge in [0.15, 0.2) is 0 Å². The van der Waals surface area contributed by atoms with Crippen molar-refractivity contribution in [2.75, 3.05) is 26.9 Å². The first-order valence-electron chi connectivity index (χ1n) is 7.14. The number of benzene rings is 1. The first-order valence-corrected chi connectivity index (χ1v) is 7.14. The van der Waals surface area contributed by atoms with Gasteiger partial charge in [0, 0.05) is 44.0 Å². The molecule has 0 amide bonds. The average molecular weight is 294 g/mol. The Balaban J connectivity index is 1.98. The second kappa shape index (κ2) is 6.87. The van der Waals surface area contributed by atoms with Gasteiger partial charge in [-0.05, 0) is 24.3 Å². The summed E-state index contributed by atoms with van der Waals surface area (Å²) in [5, 5.41) is 14.2. The minimum absolute atomic E-state index is 0.0879. The molecule has 0 unspecified atom stereocenters. The number of non-ortho nitro benzene ring substituents is 1.